The Kier molecular flexibility index (Phi) is 8.30. The third kappa shape index (κ3) is 5.49. The standard InChI is InChI=1S/C15H12Cl2N4O.C8H12N2/c1-8-12(5-18)14(11-3-2-9(16)4-13(11)17)21-6-10(7-22)20-15(21)19-8;1-9-7-5-8-4-2-3-6-10-8/h2-4,6-7H,5,18H2,1H3;2-4,6,9H,5,7H2,1H3. The van der Waals surface area contributed by atoms with Gasteiger partial charge in [0, 0.05) is 59.4 Å². The summed E-state index contributed by atoms with van der Waals surface area (Å²) in [6.45, 7) is 3.14. The third-order valence-corrected chi connectivity index (χ3v) is 5.35. The number of aldehydes is 1. The molecule has 3 aromatic heterocycles. The number of carbonyl (C=O) groups is 1. The van der Waals surface area contributed by atoms with Gasteiger partial charge in [-0.25, -0.2) is 9.97 Å². The second kappa shape index (κ2) is 11.2. The zero-order chi connectivity index (χ0) is 23.1. The maximum Gasteiger partial charge on any atom is 0.235 e. The number of nitrogens with one attached hydrogen (secondary N) is 1. The van der Waals surface area contributed by atoms with Gasteiger partial charge in [-0.2, -0.15) is 0 Å². The SMILES string of the molecule is CNCCc1ccccn1.Cc1nc2nc(C=O)cn2c(-c2ccc(Cl)cc2Cl)c1CN. The van der Waals surface area contributed by atoms with Crippen LogP contribution in [0.2, 0.25) is 10.0 Å². The summed E-state index contributed by atoms with van der Waals surface area (Å²) in [5.41, 5.74) is 10.5. The van der Waals surface area contributed by atoms with Crippen LogP contribution in [-0.2, 0) is 13.0 Å². The predicted octanol–water partition coefficient (Wildman–Crippen LogP) is 4.13. The number of rotatable bonds is 6. The van der Waals surface area contributed by atoms with E-state index < -0.39 is 0 Å². The monoisotopic (exact) mass is 470 g/mol. The summed E-state index contributed by atoms with van der Waals surface area (Å²) >= 11 is 12.3. The number of fused-ring (bicyclic) bond motifs is 1. The maximum atomic E-state index is 11.0. The average molecular weight is 471 g/mol. The fourth-order valence-corrected chi connectivity index (χ4v) is 3.74. The van der Waals surface area contributed by atoms with E-state index in [-0.39, 0.29) is 6.54 Å². The van der Waals surface area contributed by atoms with Crippen LogP contribution < -0.4 is 11.1 Å². The lowest BCUT2D eigenvalue weighted by molar-refractivity contribution is 0.111. The number of likely N-dealkylation sites (N-methyl/N-ethyl adjacent to an activating group) is 1. The van der Waals surface area contributed by atoms with Gasteiger partial charge in [0.05, 0.1) is 10.7 Å². The molecule has 0 aliphatic carbocycles. The molecule has 0 saturated heterocycles. The Bertz CT molecular complexity index is 1210. The van der Waals surface area contributed by atoms with Gasteiger partial charge in [0.15, 0.2) is 6.29 Å². The second-order valence-corrected chi connectivity index (χ2v) is 7.82. The van der Waals surface area contributed by atoms with Gasteiger partial charge in [-0.15, -0.1) is 0 Å². The summed E-state index contributed by atoms with van der Waals surface area (Å²) in [6.07, 6.45) is 5.13. The molecule has 7 nitrogen and oxygen atoms in total. The predicted molar refractivity (Wildman–Crippen MR) is 128 cm³/mol. The molecule has 166 valence electrons. The van der Waals surface area contributed by atoms with Gasteiger partial charge in [-0.05, 0) is 44.3 Å². The average Bonchev–Trinajstić information content (AvgIpc) is 3.21. The summed E-state index contributed by atoms with van der Waals surface area (Å²) in [5, 5.41) is 4.12. The van der Waals surface area contributed by atoms with Crippen molar-refractivity contribution in [1.29, 1.82) is 0 Å². The molecule has 32 heavy (non-hydrogen) atoms. The molecular weight excluding hydrogens is 447 g/mol. The molecule has 4 rings (SSSR count). The first-order valence-corrected chi connectivity index (χ1v) is 10.8. The van der Waals surface area contributed by atoms with Crippen molar-refractivity contribution in [1.82, 2.24) is 24.7 Å². The molecular formula is C23H24Cl2N6O. The Hall–Kier alpha value is -2.84. The van der Waals surface area contributed by atoms with Crippen LogP contribution in [0.5, 0.6) is 0 Å². The highest BCUT2D eigenvalue weighted by atomic mass is 35.5. The van der Waals surface area contributed by atoms with Crippen molar-refractivity contribution in [2.24, 2.45) is 5.73 Å². The molecule has 0 amide bonds. The number of benzene rings is 1. The van der Waals surface area contributed by atoms with Gasteiger partial charge in [-0.1, -0.05) is 29.3 Å². The molecule has 0 unspecified atom stereocenters. The topological polar surface area (TPSA) is 98.2 Å². The highest BCUT2D eigenvalue weighted by molar-refractivity contribution is 6.36. The highest BCUT2D eigenvalue weighted by Crippen LogP contribution is 2.33. The van der Waals surface area contributed by atoms with Crippen LogP contribution in [0.3, 0.4) is 0 Å². The molecule has 0 spiro atoms. The van der Waals surface area contributed by atoms with Crippen LogP contribution in [0.15, 0.2) is 48.8 Å². The van der Waals surface area contributed by atoms with Crippen molar-refractivity contribution in [3.05, 3.63) is 81.5 Å². The quantitative estimate of drug-likeness (QED) is 0.411. The zero-order valence-corrected chi connectivity index (χ0v) is 19.4. The number of hydrogen-bond acceptors (Lipinski definition) is 6. The Morgan fingerprint density at radius 1 is 1.19 bits per heavy atom. The van der Waals surface area contributed by atoms with Crippen molar-refractivity contribution in [2.45, 2.75) is 19.9 Å². The third-order valence-electron chi connectivity index (χ3n) is 4.81. The Morgan fingerprint density at radius 2 is 2.00 bits per heavy atom. The summed E-state index contributed by atoms with van der Waals surface area (Å²) in [6, 6.07) is 11.2. The molecule has 1 aromatic carbocycles. The van der Waals surface area contributed by atoms with Crippen LogP contribution in [0.25, 0.3) is 17.0 Å². The fourth-order valence-electron chi connectivity index (χ4n) is 3.24. The van der Waals surface area contributed by atoms with Crippen molar-refractivity contribution in [3.8, 4) is 11.3 Å². The Labute approximate surface area is 196 Å². The lowest BCUT2D eigenvalue weighted by Crippen LogP contribution is -2.10. The normalized spacial score (nSPS) is 10.7. The molecule has 0 aliphatic heterocycles. The first kappa shape index (κ1) is 23.8. The van der Waals surface area contributed by atoms with Gasteiger partial charge in [0.1, 0.15) is 5.69 Å². The van der Waals surface area contributed by atoms with E-state index in [1.54, 1.807) is 22.7 Å². The van der Waals surface area contributed by atoms with E-state index in [2.05, 4.69) is 20.3 Å². The Morgan fingerprint density at radius 3 is 2.62 bits per heavy atom. The van der Waals surface area contributed by atoms with Crippen molar-refractivity contribution >= 4 is 35.3 Å². The van der Waals surface area contributed by atoms with Gasteiger partial charge in [0.25, 0.3) is 0 Å². The molecule has 3 N–H and O–H groups in total. The first-order valence-electron chi connectivity index (χ1n) is 10.0. The van der Waals surface area contributed by atoms with Crippen LogP contribution >= 0.6 is 23.2 Å². The fraction of sp³-hybridized carbons (Fsp3) is 0.217. The summed E-state index contributed by atoms with van der Waals surface area (Å²) in [4.78, 5) is 23.7. The number of halogens is 2. The van der Waals surface area contributed by atoms with Crippen LogP contribution in [0.1, 0.15) is 27.4 Å². The summed E-state index contributed by atoms with van der Waals surface area (Å²) in [5.74, 6) is 0.429. The van der Waals surface area contributed by atoms with Gasteiger partial charge >= 0.3 is 0 Å². The summed E-state index contributed by atoms with van der Waals surface area (Å²) in [7, 11) is 1.95. The van der Waals surface area contributed by atoms with E-state index in [1.807, 2.05) is 44.4 Å². The van der Waals surface area contributed by atoms with Gasteiger partial charge in [0.2, 0.25) is 5.78 Å². The number of aromatic nitrogens is 4. The molecule has 0 bridgehead atoms. The maximum absolute atomic E-state index is 11.0. The van der Waals surface area contributed by atoms with Gasteiger partial charge in [-0.3, -0.25) is 14.2 Å². The minimum Gasteiger partial charge on any atom is -0.326 e. The molecule has 0 saturated carbocycles. The van der Waals surface area contributed by atoms with Crippen molar-refractivity contribution < 1.29 is 4.79 Å². The molecule has 0 radical (unpaired) electrons. The van der Waals surface area contributed by atoms with Crippen molar-refractivity contribution in [2.75, 3.05) is 13.6 Å². The second-order valence-electron chi connectivity index (χ2n) is 6.98. The van der Waals surface area contributed by atoms with E-state index in [1.165, 1.54) is 0 Å². The summed E-state index contributed by atoms with van der Waals surface area (Å²) < 4.78 is 1.73. The van der Waals surface area contributed by atoms with E-state index in [4.69, 9.17) is 28.9 Å². The minimum atomic E-state index is 0.289. The first-order chi connectivity index (χ1) is 15.5. The molecule has 4 aromatic rings. The number of imidazole rings is 1. The number of pyridine rings is 1. The van der Waals surface area contributed by atoms with Crippen molar-refractivity contribution in [3.63, 3.8) is 0 Å². The number of carbonyl (C=O) groups excluding carboxylic acids is 1. The van der Waals surface area contributed by atoms with Gasteiger partial charge < -0.3 is 11.1 Å². The Balaban J connectivity index is 0.000000243. The highest BCUT2D eigenvalue weighted by Gasteiger charge is 2.17. The van der Waals surface area contributed by atoms with Crippen LogP contribution in [-0.4, -0.2) is 39.2 Å². The zero-order valence-electron chi connectivity index (χ0n) is 17.8. The van der Waals surface area contributed by atoms with Crippen LogP contribution in [0, 0.1) is 6.92 Å². The van der Waals surface area contributed by atoms with E-state index in [0.29, 0.717) is 27.8 Å². The molecule has 9 heteroatoms. The van der Waals surface area contributed by atoms with E-state index in [9.17, 15) is 4.79 Å². The molecule has 0 fully saturated rings. The smallest absolute Gasteiger partial charge is 0.235 e. The molecule has 0 atom stereocenters. The number of hydrogen-bond donors (Lipinski definition) is 2. The van der Waals surface area contributed by atoms with E-state index in [0.717, 1.165) is 41.2 Å². The number of nitrogens with zero attached hydrogens (tertiary/aromatic N) is 4. The van der Waals surface area contributed by atoms with Crippen LogP contribution in [0.4, 0.5) is 0 Å². The van der Waals surface area contributed by atoms with E-state index >= 15 is 0 Å². The lowest BCUT2D eigenvalue weighted by Gasteiger charge is -2.14. The lowest BCUT2D eigenvalue weighted by atomic mass is 10.0. The largest absolute Gasteiger partial charge is 0.326 e. The minimum absolute atomic E-state index is 0.289. The number of nitrogens with two attached hydrogens (primary N) is 1. The number of aryl methyl sites for hydroxylation is 1. The molecule has 0 aliphatic rings. The molecule has 3 heterocycles.